The topological polar surface area (TPSA) is 99.3 Å². The molecule has 172 valence electrons. The first-order valence-corrected chi connectivity index (χ1v) is 10.1. The van der Waals surface area contributed by atoms with Crippen molar-refractivity contribution < 1.29 is 23.2 Å². The van der Waals surface area contributed by atoms with Crippen LogP contribution in [-0.4, -0.2) is 20.6 Å². The number of nitrogens with zero attached hydrogens (tertiary/aromatic N) is 3. The van der Waals surface area contributed by atoms with Gasteiger partial charge < -0.3 is 10.1 Å². The quantitative estimate of drug-likeness (QED) is 0.291. The number of nitro benzene ring substituents is 1. The summed E-state index contributed by atoms with van der Waals surface area (Å²) >= 11 is 0. The monoisotopic (exact) mass is 464 g/mol. The van der Waals surface area contributed by atoms with Gasteiger partial charge in [0.05, 0.1) is 16.7 Å². The Morgan fingerprint density at radius 2 is 1.71 bits per heavy atom. The van der Waals surface area contributed by atoms with Gasteiger partial charge in [0.2, 0.25) is 5.88 Å². The molecule has 10 heteroatoms. The number of aromatic nitrogens is 2. The predicted molar refractivity (Wildman–Crippen MR) is 121 cm³/mol. The second-order valence-electron chi connectivity index (χ2n) is 7.46. The van der Waals surface area contributed by atoms with Crippen LogP contribution in [0.5, 0.6) is 11.6 Å². The molecule has 4 rings (SSSR count). The molecule has 8 nitrogen and oxygen atoms in total. The highest BCUT2D eigenvalue weighted by Gasteiger charge is 2.24. The van der Waals surface area contributed by atoms with Crippen molar-refractivity contribution in [2.45, 2.75) is 13.8 Å². The van der Waals surface area contributed by atoms with Gasteiger partial charge in [-0.25, -0.2) is 8.78 Å². The van der Waals surface area contributed by atoms with E-state index in [1.54, 1.807) is 19.1 Å². The zero-order valence-corrected chi connectivity index (χ0v) is 18.1. The van der Waals surface area contributed by atoms with Crippen LogP contribution in [0.25, 0.3) is 5.69 Å². The Labute approximate surface area is 192 Å². The van der Waals surface area contributed by atoms with E-state index in [9.17, 15) is 23.7 Å². The Hall–Kier alpha value is -4.60. The molecular formula is C24H18F2N4O4. The van der Waals surface area contributed by atoms with Crippen molar-refractivity contribution >= 4 is 17.3 Å². The molecule has 0 saturated heterocycles. The number of benzene rings is 3. The maximum atomic E-state index is 14.5. The lowest BCUT2D eigenvalue weighted by atomic mass is 10.2. The SMILES string of the molecule is Cc1ccc(-n2nc(C(=O)Nc3ccc(F)cc3)c(C)c2Oc2ccc([N+](=O)[O-])cc2F)cc1. The van der Waals surface area contributed by atoms with E-state index in [2.05, 4.69) is 10.4 Å². The molecule has 0 unspecified atom stereocenters. The molecular weight excluding hydrogens is 446 g/mol. The molecule has 0 aliphatic carbocycles. The number of halogens is 2. The summed E-state index contributed by atoms with van der Waals surface area (Å²) in [5.41, 5.74) is 1.78. The number of anilines is 1. The standard InChI is InChI=1S/C24H18F2N4O4/c1-14-3-9-18(10-4-14)29-24(34-21-12-11-19(30(32)33)13-20(21)26)15(2)22(28-29)23(31)27-17-7-5-16(25)6-8-17/h3-13H,1-2H3,(H,27,31). The van der Waals surface area contributed by atoms with Crippen LogP contribution < -0.4 is 10.1 Å². The number of non-ortho nitro benzene ring substituents is 1. The molecule has 0 spiro atoms. The Morgan fingerprint density at radius 3 is 2.32 bits per heavy atom. The van der Waals surface area contributed by atoms with E-state index in [1.165, 1.54) is 28.9 Å². The Morgan fingerprint density at radius 1 is 1.03 bits per heavy atom. The number of carbonyl (C=O) groups excluding carboxylic acids is 1. The van der Waals surface area contributed by atoms with Crippen LogP contribution in [0, 0.1) is 35.6 Å². The highest BCUT2D eigenvalue weighted by atomic mass is 19.1. The molecule has 3 aromatic carbocycles. The summed E-state index contributed by atoms with van der Waals surface area (Å²) < 4.78 is 34.8. The van der Waals surface area contributed by atoms with Gasteiger partial charge in [0.25, 0.3) is 11.6 Å². The number of carbonyl (C=O) groups is 1. The highest BCUT2D eigenvalue weighted by Crippen LogP contribution is 2.33. The van der Waals surface area contributed by atoms with Crippen LogP contribution >= 0.6 is 0 Å². The van der Waals surface area contributed by atoms with Gasteiger partial charge >= 0.3 is 0 Å². The second-order valence-corrected chi connectivity index (χ2v) is 7.46. The van der Waals surface area contributed by atoms with E-state index >= 15 is 0 Å². The third-order valence-corrected chi connectivity index (χ3v) is 5.00. The first-order chi connectivity index (χ1) is 16.2. The van der Waals surface area contributed by atoms with E-state index in [-0.39, 0.29) is 17.3 Å². The zero-order valence-electron chi connectivity index (χ0n) is 18.1. The van der Waals surface area contributed by atoms with E-state index in [1.807, 2.05) is 19.1 Å². The Balaban J connectivity index is 1.75. The molecule has 1 N–H and O–H groups in total. The van der Waals surface area contributed by atoms with Gasteiger partial charge in [-0.2, -0.15) is 9.78 Å². The van der Waals surface area contributed by atoms with Gasteiger partial charge in [-0.05, 0) is 56.3 Å². The Kier molecular flexibility index (Phi) is 6.05. The average Bonchev–Trinajstić information content (AvgIpc) is 3.13. The van der Waals surface area contributed by atoms with Gasteiger partial charge in [-0.3, -0.25) is 14.9 Å². The molecule has 34 heavy (non-hydrogen) atoms. The number of rotatable bonds is 6. The molecule has 0 radical (unpaired) electrons. The number of hydrogen-bond acceptors (Lipinski definition) is 5. The van der Waals surface area contributed by atoms with Crippen molar-refractivity contribution in [3.8, 4) is 17.3 Å². The van der Waals surface area contributed by atoms with E-state index in [0.717, 1.165) is 23.8 Å². The van der Waals surface area contributed by atoms with Gasteiger partial charge in [0.1, 0.15) is 5.82 Å². The minimum Gasteiger partial charge on any atom is -0.436 e. The predicted octanol–water partition coefficient (Wildman–Crippen LogP) is 5.72. The van der Waals surface area contributed by atoms with Crippen molar-refractivity contribution in [1.29, 1.82) is 0 Å². The molecule has 0 fully saturated rings. The number of nitrogens with one attached hydrogen (secondary N) is 1. The van der Waals surface area contributed by atoms with Gasteiger partial charge in [-0.1, -0.05) is 17.7 Å². The minimum absolute atomic E-state index is 0.00206. The van der Waals surface area contributed by atoms with Crippen LogP contribution in [0.1, 0.15) is 21.6 Å². The molecule has 0 aliphatic rings. The summed E-state index contributed by atoms with van der Waals surface area (Å²) in [6.45, 7) is 3.49. The van der Waals surface area contributed by atoms with Crippen LogP contribution in [0.3, 0.4) is 0 Å². The number of hydrogen-bond donors (Lipinski definition) is 1. The lowest BCUT2D eigenvalue weighted by Gasteiger charge is -2.11. The summed E-state index contributed by atoms with van der Waals surface area (Å²) in [5.74, 6) is -2.18. The summed E-state index contributed by atoms with van der Waals surface area (Å²) in [4.78, 5) is 23.1. The average molecular weight is 464 g/mol. The van der Waals surface area contributed by atoms with Crippen LogP contribution in [0.15, 0.2) is 66.7 Å². The fourth-order valence-electron chi connectivity index (χ4n) is 3.19. The van der Waals surface area contributed by atoms with Crippen LogP contribution in [0.4, 0.5) is 20.2 Å². The van der Waals surface area contributed by atoms with Gasteiger partial charge in [-0.15, -0.1) is 0 Å². The Bertz CT molecular complexity index is 1380. The molecule has 0 bridgehead atoms. The van der Waals surface area contributed by atoms with Gasteiger partial charge in [0, 0.05) is 17.3 Å². The molecule has 4 aromatic rings. The lowest BCUT2D eigenvalue weighted by Crippen LogP contribution is -2.14. The van der Waals surface area contributed by atoms with Crippen molar-refractivity contribution in [2.24, 2.45) is 0 Å². The molecule has 0 aliphatic heterocycles. The highest BCUT2D eigenvalue weighted by molar-refractivity contribution is 6.04. The minimum atomic E-state index is -0.942. The van der Waals surface area contributed by atoms with Crippen LogP contribution in [0.2, 0.25) is 0 Å². The summed E-state index contributed by atoms with van der Waals surface area (Å²) in [6, 6.07) is 15.4. The summed E-state index contributed by atoms with van der Waals surface area (Å²) in [6.07, 6.45) is 0. The third kappa shape index (κ3) is 4.60. The maximum absolute atomic E-state index is 14.5. The largest absolute Gasteiger partial charge is 0.436 e. The van der Waals surface area contributed by atoms with E-state index < -0.39 is 28.2 Å². The molecule has 0 saturated carbocycles. The number of nitro groups is 1. The molecule has 1 aromatic heterocycles. The van der Waals surface area contributed by atoms with Crippen molar-refractivity contribution in [3.05, 3.63) is 105 Å². The fourth-order valence-corrected chi connectivity index (χ4v) is 3.19. The van der Waals surface area contributed by atoms with E-state index in [4.69, 9.17) is 4.74 Å². The summed E-state index contributed by atoms with van der Waals surface area (Å²) in [7, 11) is 0. The molecule has 0 atom stereocenters. The van der Waals surface area contributed by atoms with Crippen LogP contribution in [-0.2, 0) is 0 Å². The van der Waals surface area contributed by atoms with Crippen molar-refractivity contribution in [2.75, 3.05) is 5.32 Å². The number of aryl methyl sites for hydroxylation is 1. The molecule has 1 amide bonds. The second kappa shape index (κ2) is 9.10. The summed E-state index contributed by atoms with van der Waals surface area (Å²) in [5, 5.41) is 17.9. The van der Waals surface area contributed by atoms with Gasteiger partial charge in [0.15, 0.2) is 17.3 Å². The van der Waals surface area contributed by atoms with Crippen molar-refractivity contribution in [1.82, 2.24) is 9.78 Å². The first kappa shape index (κ1) is 22.6. The zero-order chi connectivity index (χ0) is 24.4. The fraction of sp³-hybridized carbons (Fsp3) is 0.0833. The third-order valence-electron chi connectivity index (χ3n) is 5.00. The lowest BCUT2D eigenvalue weighted by molar-refractivity contribution is -0.385. The smallest absolute Gasteiger partial charge is 0.276 e. The first-order valence-electron chi connectivity index (χ1n) is 10.1. The normalized spacial score (nSPS) is 10.7. The molecule has 1 heterocycles. The number of ether oxygens (including phenoxy) is 1. The number of amides is 1. The van der Waals surface area contributed by atoms with E-state index in [0.29, 0.717) is 16.9 Å². The maximum Gasteiger partial charge on any atom is 0.276 e. The van der Waals surface area contributed by atoms with Crippen molar-refractivity contribution in [3.63, 3.8) is 0 Å².